The maximum Gasteiger partial charge on any atom is 0.338 e. The highest BCUT2D eigenvalue weighted by molar-refractivity contribution is 5.95. The van der Waals surface area contributed by atoms with Crippen LogP contribution in [0, 0.1) is 0 Å². The van der Waals surface area contributed by atoms with Gasteiger partial charge in [-0.1, -0.05) is 33.1 Å². The molecule has 0 atom stereocenters. The Balaban J connectivity index is 1.72. The quantitative estimate of drug-likeness (QED) is 0.346. The first kappa shape index (κ1) is 23.3. The van der Waals surface area contributed by atoms with Crippen LogP contribution in [0.1, 0.15) is 56.3 Å². The molecule has 0 fully saturated rings. The highest BCUT2D eigenvalue weighted by atomic mass is 16.5. The second kappa shape index (κ2) is 13.2. The first-order valence-electron chi connectivity index (χ1n) is 10.7. The van der Waals surface area contributed by atoms with Gasteiger partial charge in [0.1, 0.15) is 5.75 Å². The first-order valence-corrected chi connectivity index (χ1v) is 10.7. The molecule has 0 saturated carbocycles. The van der Waals surface area contributed by atoms with E-state index in [0.717, 1.165) is 30.9 Å². The van der Waals surface area contributed by atoms with Gasteiger partial charge in [0.05, 0.1) is 25.3 Å². The van der Waals surface area contributed by atoms with Crippen LogP contribution in [0.3, 0.4) is 0 Å². The van der Waals surface area contributed by atoms with Gasteiger partial charge in [-0.15, -0.1) is 0 Å². The minimum atomic E-state index is -0.357. The van der Waals surface area contributed by atoms with E-state index in [1.54, 1.807) is 24.3 Å². The molecular formula is C24H32N2O4. The number of hydrogen-bond acceptors (Lipinski definition) is 5. The van der Waals surface area contributed by atoms with Gasteiger partial charge in [-0.25, -0.2) is 4.79 Å². The largest absolute Gasteiger partial charge is 0.494 e. The van der Waals surface area contributed by atoms with Crippen LogP contribution < -0.4 is 15.4 Å². The highest BCUT2D eigenvalue weighted by Gasteiger charge is 2.08. The van der Waals surface area contributed by atoms with E-state index >= 15 is 0 Å². The molecule has 0 saturated heterocycles. The van der Waals surface area contributed by atoms with E-state index in [4.69, 9.17) is 9.47 Å². The number of amides is 1. The number of esters is 1. The minimum absolute atomic E-state index is 0.136. The van der Waals surface area contributed by atoms with Crippen molar-refractivity contribution in [3.05, 3.63) is 54.1 Å². The molecule has 0 aliphatic heterocycles. The zero-order chi connectivity index (χ0) is 21.6. The van der Waals surface area contributed by atoms with Crippen molar-refractivity contribution in [2.24, 2.45) is 0 Å². The lowest BCUT2D eigenvalue weighted by Gasteiger charge is -2.10. The van der Waals surface area contributed by atoms with Gasteiger partial charge in [0, 0.05) is 11.4 Å². The molecule has 162 valence electrons. The summed E-state index contributed by atoms with van der Waals surface area (Å²) in [4.78, 5) is 23.9. The van der Waals surface area contributed by atoms with Crippen molar-refractivity contribution in [3.63, 3.8) is 0 Å². The van der Waals surface area contributed by atoms with Gasteiger partial charge >= 0.3 is 5.97 Å². The molecule has 0 aliphatic carbocycles. The highest BCUT2D eigenvalue weighted by Crippen LogP contribution is 2.16. The van der Waals surface area contributed by atoms with Crippen molar-refractivity contribution in [2.75, 3.05) is 30.4 Å². The van der Waals surface area contributed by atoms with Gasteiger partial charge in [0.25, 0.3) is 0 Å². The van der Waals surface area contributed by atoms with E-state index in [2.05, 4.69) is 17.6 Å². The molecule has 6 nitrogen and oxygen atoms in total. The Morgan fingerprint density at radius 1 is 0.800 bits per heavy atom. The SMILES string of the molecule is CCCCCCOc1ccc(NCC(=O)Nc2ccc(C(=O)OCCC)cc2)cc1. The van der Waals surface area contributed by atoms with Crippen molar-refractivity contribution >= 4 is 23.3 Å². The fourth-order valence-corrected chi connectivity index (χ4v) is 2.74. The average molecular weight is 413 g/mol. The molecule has 0 aliphatic rings. The molecular weight excluding hydrogens is 380 g/mol. The van der Waals surface area contributed by atoms with Gasteiger partial charge in [0.15, 0.2) is 0 Å². The van der Waals surface area contributed by atoms with Crippen molar-refractivity contribution in [1.29, 1.82) is 0 Å². The fourth-order valence-electron chi connectivity index (χ4n) is 2.74. The number of unbranched alkanes of at least 4 members (excludes halogenated alkanes) is 3. The standard InChI is InChI=1S/C24H32N2O4/c1-3-5-6-7-17-29-22-14-12-20(13-15-22)25-18-23(27)26-21-10-8-19(9-11-21)24(28)30-16-4-2/h8-15,25H,3-7,16-18H2,1-2H3,(H,26,27). The molecule has 2 rings (SSSR count). The number of ether oxygens (including phenoxy) is 2. The van der Waals surface area contributed by atoms with Gasteiger partial charge in [-0.2, -0.15) is 0 Å². The summed E-state index contributed by atoms with van der Waals surface area (Å²) in [6.07, 6.45) is 5.49. The maximum absolute atomic E-state index is 12.2. The molecule has 0 heterocycles. The average Bonchev–Trinajstić information content (AvgIpc) is 2.77. The van der Waals surface area contributed by atoms with Crippen LogP contribution in [0.2, 0.25) is 0 Å². The molecule has 2 aromatic rings. The molecule has 6 heteroatoms. The van der Waals surface area contributed by atoms with Crippen LogP contribution in [0.25, 0.3) is 0 Å². The summed E-state index contributed by atoms with van der Waals surface area (Å²) >= 11 is 0. The number of nitrogens with one attached hydrogen (secondary N) is 2. The third kappa shape index (κ3) is 8.55. The molecule has 1 amide bonds. The Kier molecular flexibility index (Phi) is 10.3. The summed E-state index contributed by atoms with van der Waals surface area (Å²) in [6, 6.07) is 14.2. The van der Waals surface area contributed by atoms with Crippen LogP contribution in [0.4, 0.5) is 11.4 Å². The summed E-state index contributed by atoms with van der Waals surface area (Å²) in [5.41, 5.74) is 1.94. The first-order chi connectivity index (χ1) is 14.6. The Hall–Kier alpha value is -3.02. The van der Waals surface area contributed by atoms with Crippen LogP contribution in [0.5, 0.6) is 5.75 Å². The van der Waals surface area contributed by atoms with E-state index in [1.807, 2.05) is 31.2 Å². The van der Waals surface area contributed by atoms with E-state index < -0.39 is 0 Å². The fraction of sp³-hybridized carbons (Fsp3) is 0.417. The third-order valence-electron chi connectivity index (χ3n) is 4.42. The van der Waals surface area contributed by atoms with Crippen molar-refractivity contribution in [3.8, 4) is 5.75 Å². The number of benzene rings is 2. The Morgan fingerprint density at radius 3 is 2.17 bits per heavy atom. The van der Waals surface area contributed by atoms with E-state index in [9.17, 15) is 9.59 Å². The molecule has 2 N–H and O–H groups in total. The van der Waals surface area contributed by atoms with Crippen LogP contribution in [-0.4, -0.2) is 31.6 Å². The Labute approximate surface area is 179 Å². The van der Waals surface area contributed by atoms with Gasteiger partial charge < -0.3 is 20.1 Å². The Bertz CT molecular complexity index is 773. The maximum atomic E-state index is 12.2. The summed E-state index contributed by atoms with van der Waals surface area (Å²) in [5, 5.41) is 5.89. The summed E-state index contributed by atoms with van der Waals surface area (Å²) in [6.45, 7) is 5.39. The molecule has 0 unspecified atom stereocenters. The lowest BCUT2D eigenvalue weighted by atomic mass is 10.2. The summed E-state index contributed by atoms with van der Waals surface area (Å²) in [7, 11) is 0. The number of hydrogen-bond donors (Lipinski definition) is 2. The monoisotopic (exact) mass is 412 g/mol. The van der Waals surface area contributed by atoms with E-state index in [0.29, 0.717) is 17.9 Å². The molecule has 0 bridgehead atoms. The predicted molar refractivity (Wildman–Crippen MR) is 120 cm³/mol. The molecule has 30 heavy (non-hydrogen) atoms. The van der Waals surface area contributed by atoms with Crippen molar-refractivity contribution < 1.29 is 19.1 Å². The van der Waals surface area contributed by atoms with Crippen molar-refractivity contribution in [2.45, 2.75) is 46.0 Å². The predicted octanol–water partition coefficient (Wildman–Crippen LogP) is 5.26. The normalized spacial score (nSPS) is 10.3. The number of carbonyl (C=O) groups excluding carboxylic acids is 2. The van der Waals surface area contributed by atoms with E-state index in [-0.39, 0.29) is 18.4 Å². The lowest BCUT2D eigenvalue weighted by Crippen LogP contribution is -2.21. The smallest absolute Gasteiger partial charge is 0.338 e. The number of rotatable bonds is 13. The van der Waals surface area contributed by atoms with Crippen molar-refractivity contribution in [1.82, 2.24) is 0 Å². The Morgan fingerprint density at radius 2 is 1.50 bits per heavy atom. The lowest BCUT2D eigenvalue weighted by molar-refractivity contribution is -0.114. The molecule has 2 aromatic carbocycles. The van der Waals surface area contributed by atoms with Crippen LogP contribution >= 0.6 is 0 Å². The van der Waals surface area contributed by atoms with Gasteiger partial charge in [-0.3, -0.25) is 4.79 Å². The zero-order valence-electron chi connectivity index (χ0n) is 17.9. The molecule has 0 aromatic heterocycles. The third-order valence-corrected chi connectivity index (χ3v) is 4.42. The summed E-state index contributed by atoms with van der Waals surface area (Å²) in [5.74, 6) is 0.302. The van der Waals surface area contributed by atoms with Gasteiger partial charge in [-0.05, 0) is 61.4 Å². The minimum Gasteiger partial charge on any atom is -0.494 e. The van der Waals surface area contributed by atoms with Crippen LogP contribution in [-0.2, 0) is 9.53 Å². The number of anilines is 2. The topological polar surface area (TPSA) is 76.7 Å². The second-order valence-electron chi connectivity index (χ2n) is 7.05. The molecule has 0 radical (unpaired) electrons. The summed E-state index contributed by atoms with van der Waals surface area (Å²) < 4.78 is 10.8. The zero-order valence-corrected chi connectivity index (χ0v) is 17.9. The number of carbonyl (C=O) groups is 2. The van der Waals surface area contributed by atoms with E-state index in [1.165, 1.54) is 19.3 Å². The van der Waals surface area contributed by atoms with Gasteiger partial charge in [0.2, 0.25) is 5.91 Å². The second-order valence-corrected chi connectivity index (χ2v) is 7.05. The van der Waals surface area contributed by atoms with Crippen LogP contribution in [0.15, 0.2) is 48.5 Å². The molecule has 0 spiro atoms.